The highest BCUT2D eigenvalue weighted by Gasteiger charge is 2.40. The number of amides is 2. The second-order valence-electron chi connectivity index (χ2n) is 7.91. The monoisotopic (exact) mass is 471 g/mol. The van der Waals surface area contributed by atoms with Crippen LogP contribution in [0.25, 0.3) is 0 Å². The fraction of sp³-hybridized carbons (Fsp3) is 0.148. The molecule has 0 aromatic heterocycles. The molecule has 1 aliphatic rings. The van der Waals surface area contributed by atoms with Gasteiger partial charge in [0.25, 0.3) is 5.91 Å². The van der Waals surface area contributed by atoms with E-state index in [4.69, 9.17) is 0 Å². The van der Waals surface area contributed by atoms with Gasteiger partial charge < -0.3 is 5.32 Å². The van der Waals surface area contributed by atoms with E-state index in [-0.39, 0.29) is 23.8 Å². The van der Waals surface area contributed by atoms with Crippen molar-refractivity contribution in [3.63, 3.8) is 0 Å². The molecule has 5 nitrogen and oxygen atoms in total. The van der Waals surface area contributed by atoms with Crippen LogP contribution < -0.4 is 10.2 Å². The molecule has 1 aliphatic heterocycles. The Morgan fingerprint density at radius 3 is 2.35 bits per heavy atom. The Morgan fingerprint density at radius 1 is 1.03 bits per heavy atom. The Balaban J connectivity index is 1.66. The molecule has 2 amide bonds. The number of anilines is 1. The predicted molar refractivity (Wildman–Crippen MR) is 131 cm³/mol. The summed E-state index contributed by atoms with van der Waals surface area (Å²) in [6.45, 7) is 2.20. The summed E-state index contributed by atoms with van der Waals surface area (Å²) in [5.41, 5.74) is 3.19. The maximum Gasteiger partial charge on any atom is 0.264 e. The summed E-state index contributed by atoms with van der Waals surface area (Å²) in [7, 11) is 0. The molecule has 0 unspecified atom stereocenters. The molecule has 1 atom stereocenters. The second kappa shape index (κ2) is 10.4. The minimum Gasteiger partial charge on any atom is -0.347 e. The topological polar surface area (TPSA) is 73.2 Å². The van der Waals surface area contributed by atoms with Crippen molar-refractivity contribution in [3.05, 3.63) is 112 Å². The summed E-state index contributed by atoms with van der Waals surface area (Å²) in [5.74, 6) is -1.11. The highest BCUT2D eigenvalue weighted by atomic mass is 32.2. The molecule has 0 radical (unpaired) electrons. The highest BCUT2D eigenvalue weighted by molar-refractivity contribution is 8.05. The van der Waals surface area contributed by atoms with Crippen LogP contribution in [-0.4, -0.2) is 17.1 Å². The van der Waals surface area contributed by atoms with E-state index in [1.54, 1.807) is 24.3 Å². The number of thioether (sulfide) groups is 1. The first kappa shape index (κ1) is 23.3. The smallest absolute Gasteiger partial charge is 0.264 e. The molecule has 3 aromatic carbocycles. The number of carbonyl (C=O) groups is 2. The maximum atomic E-state index is 13.5. The van der Waals surface area contributed by atoms with Crippen LogP contribution in [0.3, 0.4) is 0 Å². The van der Waals surface area contributed by atoms with Crippen molar-refractivity contribution < 1.29 is 14.0 Å². The first-order chi connectivity index (χ1) is 16.5. The average molecular weight is 472 g/mol. The summed E-state index contributed by atoms with van der Waals surface area (Å²) < 4.78 is 13.3. The van der Waals surface area contributed by atoms with E-state index in [0.717, 1.165) is 16.7 Å². The first-order valence-electron chi connectivity index (χ1n) is 10.7. The number of halogens is 1. The molecule has 1 N–H and O–H groups in total. The van der Waals surface area contributed by atoms with Crippen LogP contribution in [0.4, 0.5) is 10.1 Å². The second-order valence-corrected chi connectivity index (χ2v) is 9.10. The minimum absolute atomic E-state index is 0.114. The number of nitrogens with zero attached hydrogens (tertiary/aromatic N) is 2. The number of aryl methyl sites for hydroxylation is 1. The van der Waals surface area contributed by atoms with Crippen molar-refractivity contribution in [2.45, 2.75) is 25.1 Å². The molecule has 0 saturated carbocycles. The lowest BCUT2D eigenvalue weighted by Gasteiger charge is -2.19. The number of benzene rings is 3. The van der Waals surface area contributed by atoms with Crippen LogP contribution in [0.1, 0.15) is 16.7 Å². The van der Waals surface area contributed by atoms with E-state index in [0.29, 0.717) is 17.1 Å². The minimum atomic E-state index is -0.549. The molecule has 7 heteroatoms. The molecule has 1 fully saturated rings. The summed E-state index contributed by atoms with van der Waals surface area (Å²) in [5, 5.41) is 12.4. The molecule has 4 rings (SSSR count). The van der Waals surface area contributed by atoms with Crippen molar-refractivity contribution in [3.8, 4) is 6.07 Å². The van der Waals surface area contributed by atoms with Gasteiger partial charge in [-0.2, -0.15) is 5.26 Å². The number of hydrogen-bond acceptors (Lipinski definition) is 4. The number of nitriles is 1. The summed E-state index contributed by atoms with van der Waals surface area (Å²) in [6, 6.07) is 24.7. The van der Waals surface area contributed by atoms with Crippen LogP contribution in [0, 0.1) is 24.1 Å². The zero-order valence-electron chi connectivity index (χ0n) is 18.5. The average Bonchev–Trinajstić information content (AvgIpc) is 3.16. The quantitative estimate of drug-likeness (QED) is 0.411. The lowest BCUT2D eigenvalue weighted by Crippen LogP contribution is -2.32. The van der Waals surface area contributed by atoms with Gasteiger partial charge >= 0.3 is 0 Å². The van der Waals surface area contributed by atoms with Gasteiger partial charge in [0.2, 0.25) is 5.91 Å². The lowest BCUT2D eigenvalue weighted by atomic mass is 10.1. The van der Waals surface area contributed by atoms with Crippen LogP contribution in [0.5, 0.6) is 0 Å². The maximum absolute atomic E-state index is 13.5. The van der Waals surface area contributed by atoms with Crippen molar-refractivity contribution in [1.29, 1.82) is 5.26 Å². The Labute approximate surface area is 201 Å². The van der Waals surface area contributed by atoms with E-state index < -0.39 is 11.2 Å². The standard InChI is InChI=1S/C27H22FN3O2S/c1-18-7-13-22(14-8-18)31-26(33)24(15-19-9-11-21(28)12-10-19)34-27(31)23(16-29)25(32)30-17-20-5-3-2-4-6-20/h2-14,24H,15,17H2,1H3,(H,30,32)/b27-23-/t24-/m1/s1. The Kier molecular flexibility index (Phi) is 7.09. The van der Waals surface area contributed by atoms with E-state index in [1.807, 2.05) is 55.5 Å². The van der Waals surface area contributed by atoms with Gasteiger partial charge in [-0.3, -0.25) is 14.5 Å². The van der Waals surface area contributed by atoms with Gasteiger partial charge in [0.05, 0.1) is 5.25 Å². The van der Waals surface area contributed by atoms with Crippen LogP contribution >= 0.6 is 11.8 Å². The number of carbonyl (C=O) groups excluding carboxylic acids is 2. The number of nitrogens with one attached hydrogen (secondary N) is 1. The third kappa shape index (κ3) is 5.19. The van der Waals surface area contributed by atoms with E-state index in [2.05, 4.69) is 5.32 Å². The zero-order valence-corrected chi connectivity index (χ0v) is 19.3. The third-order valence-corrected chi connectivity index (χ3v) is 6.69. The fourth-order valence-electron chi connectivity index (χ4n) is 3.62. The molecular weight excluding hydrogens is 449 g/mol. The van der Waals surface area contributed by atoms with Crippen molar-refractivity contribution in [2.75, 3.05) is 4.90 Å². The molecule has 1 heterocycles. The highest BCUT2D eigenvalue weighted by Crippen LogP contribution is 2.42. The van der Waals surface area contributed by atoms with Gasteiger partial charge in [-0.05, 0) is 48.7 Å². The molecule has 1 saturated heterocycles. The normalized spacial score (nSPS) is 16.8. The lowest BCUT2D eigenvalue weighted by molar-refractivity contribution is -0.117. The number of rotatable bonds is 6. The third-order valence-electron chi connectivity index (χ3n) is 5.43. The molecule has 3 aromatic rings. The van der Waals surface area contributed by atoms with Crippen LogP contribution in [0.15, 0.2) is 89.5 Å². The molecule has 0 spiro atoms. The van der Waals surface area contributed by atoms with Crippen molar-refractivity contribution >= 4 is 29.3 Å². The van der Waals surface area contributed by atoms with Gasteiger partial charge in [-0.25, -0.2) is 4.39 Å². The zero-order chi connectivity index (χ0) is 24.1. The van der Waals surface area contributed by atoms with Gasteiger partial charge in [0.15, 0.2) is 0 Å². The van der Waals surface area contributed by atoms with Crippen LogP contribution in [0.2, 0.25) is 0 Å². The molecule has 170 valence electrons. The number of hydrogen-bond donors (Lipinski definition) is 1. The van der Waals surface area contributed by atoms with Crippen molar-refractivity contribution in [1.82, 2.24) is 5.32 Å². The van der Waals surface area contributed by atoms with Gasteiger partial charge in [-0.1, -0.05) is 71.9 Å². The van der Waals surface area contributed by atoms with E-state index in [1.165, 1.54) is 28.8 Å². The fourth-order valence-corrected chi connectivity index (χ4v) is 4.93. The summed E-state index contributed by atoms with van der Waals surface area (Å²) in [4.78, 5) is 27.9. The predicted octanol–water partition coefficient (Wildman–Crippen LogP) is 4.88. The Bertz CT molecular complexity index is 1270. The molecular formula is C27H22FN3O2S. The van der Waals surface area contributed by atoms with Crippen molar-refractivity contribution in [2.24, 2.45) is 0 Å². The van der Waals surface area contributed by atoms with Gasteiger partial charge in [0, 0.05) is 12.2 Å². The van der Waals surface area contributed by atoms with E-state index in [9.17, 15) is 19.2 Å². The van der Waals surface area contributed by atoms with Crippen LogP contribution in [-0.2, 0) is 22.6 Å². The Morgan fingerprint density at radius 2 is 1.71 bits per heavy atom. The summed E-state index contributed by atoms with van der Waals surface area (Å²) in [6.07, 6.45) is 0.347. The largest absolute Gasteiger partial charge is 0.347 e. The molecule has 0 aliphatic carbocycles. The molecule has 34 heavy (non-hydrogen) atoms. The van der Waals surface area contributed by atoms with Gasteiger partial charge in [-0.15, -0.1) is 0 Å². The molecule has 0 bridgehead atoms. The summed E-state index contributed by atoms with van der Waals surface area (Å²) >= 11 is 1.19. The Hall–Kier alpha value is -3.89. The van der Waals surface area contributed by atoms with Gasteiger partial charge in [0.1, 0.15) is 22.5 Å². The first-order valence-corrected chi connectivity index (χ1v) is 11.6. The SMILES string of the molecule is Cc1ccc(N2C(=O)[C@@H](Cc3ccc(F)cc3)S/C2=C(/C#N)C(=O)NCc2ccccc2)cc1. The van der Waals surface area contributed by atoms with E-state index >= 15 is 0 Å².